The van der Waals surface area contributed by atoms with E-state index in [1.54, 1.807) is 12.1 Å². The maximum Gasteiger partial charge on any atom is 0.433 e. The van der Waals surface area contributed by atoms with Crippen molar-refractivity contribution in [3.63, 3.8) is 0 Å². The van der Waals surface area contributed by atoms with Crippen molar-refractivity contribution in [1.29, 1.82) is 0 Å². The molecule has 0 unspecified atom stereocenters. The molecule has 0 aliphatic rings. The zero-order valence-electron chi connectivity index (χ0n) is 10.3. The highest BCUT2D eigenvalue weighted by atomic mass is 35.5. The Morgan fingerprint density at radius 3 is 2.50 bits per heavy atom. The number of carbonyl (C=O) groups excluding carboxylic acids is 1. The van der Waals surface area contributed by atoms with Gasteiger partial charge in [-0.25, -0.2) is 0 Å². The van der Waals surface area contributed by atoms with Gasteiger partial charge in [-0.2, -0.15) is 0 Å². The zero-order valence-corrected chi connectivity index (χ0v) is 11.1. The van der Waals surface area contributed by atoms with Crippen molar-refractivity contribution in [2.24, 2.45) is 0 Å². The van der Waals surface area contributed by atoms with E-state index in [0.717, 1.165) is 18.1 Å². The summed E-state index contributed by atoms with van der Waals surface area (Å²) in [4.78, 5) is 21.6. The van der Waals surface area contributed by atoms with Crippen molar-refractivity contribution < 1.29 is 14.1 Å². The standard InChI is InChI=1S/C13H11ClN2O4/c14-8-7-9-1-3-10(4-2-9)15-13(17)11-5-6-12(20-11)16(18)19/h1-6H,7-8H2,(H,15,17). The first-order valence-corrected chi connectivity index (χ1v) is 6.34. The lowest BCUT2D eigenvalue weighted by Gasteiger charge is -2.04. The molecule has 1 aromatic carbocycles. The van der Waals surface area contributed by atoms with E-state index >= 15 is 0 Å². The van der Waals surface area contributed by atoms with Crippen molar-refractivity contribution in [2.75, 3.05) is 11.2 Å². The molecule has 1 heterocycles. The van der Waals surface area contributed by atoms with Crippen molar-refractivity contribution >= 4 is 29.1 Å². The first-order chi connectivity index (χ1) is 9.60. The summed E-state index contributed by atoms with van der Waals surface area (Å²) in [6.07, 6.45) is 0.750. The van der Waals surface area contributed by atoms with Gasteiger partial charge in [-0.05, 0) is 30.2 Å². The highest BCUT2D eigenvalue weighted by Crippen LogP contribution is 2.17. The van der Waals surface area contributed by atoms with Crippen LogP contribution in [0.4, 0.5) is 11.6 Å². The second-order valence-corrected chi connectivity index (χ2v) is 4.36. The minimum atomic E-state index is -0.697. The van der Waals surface area contributed by atoms with Crippen molar-refractivity contribution in [3.05, 3.63) is 57.8 Å². The molecule has 1 N–H and O–H groups in total. The van der Waals surface area contributed by atoms with Gasteiger partial charge in [-0.1, -0.05) is 12.1 Å². The predicted octanol–water partition coefficient (Wildman–Crippen LogP) is 3.22. The maximum atomic E-state index is 11.8. The van der Waals surface area contributed by atoms with Crippen LogP contribution in [0, 0.1) is 10.1 Å². The minimum absolute atomic E-state index is 0.110. The average molecular weight is 295 g/mol. The number of nitrogens with one attached hydrogen (secondary N) is 1. The lowest BCUT2D eigenvalue weighted by molar-refractivity contribution is -0.402. The van der Waals surface area contributed by atoms with Crippen molar-refractivity contribution in [2.45, 2.75) is 6.42 Å². The second kappa shape index (κ2) is 6.21. The molecule has 1 amide bonds. The van der Waals surface area contributed by atoms with Crippen LogP contribution in [0.5, 0.6) is 0 Å². The number of carbonyl (C=O) groups is 1. The van der Waals surface area contributed by atoms with Crippen LogP contribution in [-0.4, -0.2) is 16.7 Å². The molecule has 0 aliphatic heterocycles. The lowest BCUT2D eigenvalue weighted by Crippen LogP contribution is -2.10. The molecule has 6 nitrogen and oxygen atoms in total. The van der Waals surface area contributed by atoms with Crippen LogP contribution in [-0.2, 0) is 6.42 Å². The number of anilines is 1. The Labute approximate surface area is 119 Å². The smallest absolute Gasteiger partial charge is 0.395 e. The number of rotatable bonds is 5. The van der Waals surface area contributed by atoms with Gasteiger partial charge in [-0.15, -0.1) is 11.6 Å². The SMILES string of the molecule is O=C(Nc1ccc(CCCl)cc1)c1ccc([N+](=O)[O-])o1. The molecule has 0 spiro atoms. The van der Waals surface area contributed by atoms with Crippen LogP contribution < -0.4 is 5.32 Å². The van der Waals surface area contributed by atoms with Gasteiger partial charge in [0.2, 0.25) is 0 Å². The number of nitrogens with zero attached hydrogens (tertiary/aromatic N) is 1. The Morgan fingerprint density at radius 2 is 1.95 bits per heavy atom. The largest absolute Gasteiger partial charge is 0.433 e. The van der Waals surface area contributed by atoms with Gasteiger partial charge < -0.3 is 9.73 Å². The van der Waals surface area contributed by atoms with Gasteiger partial charge in [-0.3, -0.25) is 14.9 Å². The summed E-state index contributed by atoms with van der Waals surface area (Å²) in [6.45, 7) is 0. The molecule has 0 atom stereocenters. The highest BCUT2D eigenvalue weighted by Gasteiger charge is 2.17. The first-order valence-electron chi connectivity index (χ1n) is 5.80. The van der Waals surface area contributed by atoms with E-state index in [9.17, 15) is 14.9 Å². The summed E-state index contributed by atoms with van der Waals surface area (Å²) in [5.74, 6) is -0.584. The minimum Gasteiger partial charge on any atom is -0.395 e. The fourth-order valence-corrected chi connectivity index (χ4v) is 1.82. The number of alkyl halides is 1. The Morgan fingerprint density at radius 1 is 1.25 bits per heavy atom. The summed E-state index contributed by atoms with van der Waals surface area (Å²) in [5.41, 5.74) is 1.64. The Hall–Kier alpha value is -2.34. The third-order valence-corrected chi connectivity index (χ3v) is 2.78. The van der Waals surface area contributed by atoms with E-state index in [4.69, 9.17) is 16.0 Å². The molecule has 104 valence electrons. The molecule has 0 saturated carbocycles. The maximum absolute atomic E-state index is 11.8. The molecular weight excluding hydrogens is 284 g/mol. The second-order valence-electron chi connectivity index (χ2n) is 3.99. The van der Waals surface area contributed by atoms with Crippen LogP contribution in [0.1, 0.15) is 16.1 Å². The van der Waals surface area contributed by atoms with E-state index in [1.807, 2.05) is 12.1 Å². The number of aryl methyl sites for hydroxylation is 1. The van der Waals surface area contributed by atoms with Crippen molar-refractivity contribution in [3.8, 4) is 0 Å². The normalized spacial score (nSPS) is 10.2. The van der Waals surface area contributed by atoms with Crippen LogP contribution in [0.25, 0.3) is 0 Å². The van der Waals surface area contributed by atoms with Crippen molar-refractivity contribution in [1.82, 2.24) is 0 Å². The topological polar surface area (TPSA) is 85.4 Å². The van der Waals surface area contributed by atoms with Gasteiger partial charge in [0.05, 0.1) is 6.07 Å². The first kappa shape index (κ1) is 14.1. The van der Waals surface area contributed by atoms with Crippen LogP contribution >= 0.6 is 11.6 Å². The number of hydrogen-bond acceptors (Lipinski definition) is 4. The van der Waals surface area contributed by atoms with E-state index in [2.05, 4.69) is 5.32 Å². The summed E-state index contributed by atoms with van der Waals surface area (Å²) < 4.78 is 4.81. The molecule has 20 heavy (non-hydrogen) atoms. The molecule has 7 heteroatoms. The molecule has 2 rings (SSSR count). The van der Waals surface area contributed by atoms with E-state index in [-0.39, 0.29) is 5.76 Å². The number of furan rings is 1. The van der Waals surface area contributed by atoms with Crippen LogP contribution in [0.15, 0.2) is 40.8 Å². The lowest BCUT2D eigenvalue weighted by atomic mass is 10.1. The fourth-order valence-electron chi connectivity index (χ4n) is 1.60. The monoisotopic (exact) mass is 294 g/mol. The molecule has 0 saturated heterocycles. The molecule has 0 aliphatic carbocycles. The highest BCUT2D eigenvalue weighted by molar-refractivity contribution is 6.18. The number of halogens is 1. The molecule has 2 aromatic rings. The Balaban J connectivity index is 2.04. The van der Waals surface area contributed by atoms with E-state index in [0.29, 0.717) is 11.6 Å². The molecular formula is C13H11ClN2O4. The van der Waals surface area contributed by atoms with Gasteiger partial charge >= 0.3 is 5.88 Å². The third-order valence-electron chi connectivity index (χ3n) is 2.59. The van der Waals surface area contributed by atoms with Crippen LogP contribution in [0.3, 0.4) is 0 Å². The number of amides is 1. The number of hydrogen-bond donors (Lipinski definition) is 1. The van der Waals surface area contributed by atoms with Gasteiger partial charge in [0.15, 0.2) is 5.76 Å². The average Bonchev–Trinajstić information content (AvgIpc) is 2.91. The molecule has 0 radical (unpaired) electrons. The number of benzene rings is 1. The van der Waals surface area contributed by atoms with Gasteiger partial charge in [0, 0.05) is 11.6 Å². The zero-order chi connectivity index (χ0) is 14.5. The Bertz CT molecular complexity index is 622. The summed E-state index contributed by atoms with van der Waals surface area (Å²) in [6, 6.07) is 9.56. The fraction of sp³-hybridized carbons (Fsp3) is 0.154. The van der Waals surface area contributed by atoms with E-state index < -0.39 is 16.7 Å². The molecule has 0 fully saturated rings. The van der Waals surface area contributed by atoms with Crippen LogP contribution in [0.2, 0.25) is 0 Å². The van der Waals surface area contributed by atoms with E-state index in [1.165, 1.54) is 6.07 Å². The van der Waals surface area contributed by atoms with Gasteiger partial charge in [0.25, 0.3) is 5.91 Å². The quantitative estimate of drug-likeness (QED) is 0.521. The number of nitro groups is 1. The van der Waals surface area contributed by atoms with Gasteiger partial charge in [0.1, 0.15) is 4.92 Å². The molecule has 0 bridgehead atoms. The summed E-state index contributed by atoms with van der Waals surface area (Å²) in [7, 11) is 0. The summed E-state index contributed by atoms with van der Waals surface area (Å²) in [5, 5.41) is 13.1. The Kier molecular flexibility index (Phi) is 4.37. The summed E-state index contributed by atoms with van der Waals surface area (Å²) >= 11 is 5.63. The predicted molar refractivity (Wildman–Crippen MR) is 74.2 cm³/mol. The molecule has 1 aromatic heterocycles. The third kappa shape index (κ3) is 3.36.